The largest absolute Gasteiger partial charge is 0.255 e. The SMILES string of the molecule is Cc1ccc(Br)c(C(Br)Br)n1. The first-order valence-electron chi connectivity index (χ1n) is 3.02. The van der Waals surface area contributed by atoms with E-state index in [4.69, 9.17) is 0 Å². The number of rotatable bonds is 1. The standard InChI is InChI=1S/C7H6Br3N/c1-4-2-3-5(8)6(11-4)7(9)10/h2-3,7H,1H3. The Hall–Kier alpha value is 0.590. The van der Waals surface area contributed by atoms with E-state index in [2.05, 4.69) is 52.8 Å². The van der Waals surface area contributed by atoms with Crippen LogP contribution in [0.5, 0.6) is 0 Å². The summed E-state index contributed by atoms with van der Waals surface area (Å²) < 4.78 is 1.13. The van der Waals surface area contributed by atoms with Gasteiger partial charge in [-0.25, -0.2) is 0 Å². The van der Waals surface area contributed by atoms with E-state index in [1.165, 1.54) is 0 Å². The zero-order valence-electron chi connectivity index (χ0n) is 5.81. The number of hydrogen-bond donors (Lipinski definition) is 0. The second kappa shape index (κ2) is 4.01. The lowest BCUT2D eigenvalue weighted by molar-refractivity contribution is 1.09. The zero-order valence-corrected chi connectivity index (χ0v) is 10.6. The normalized spacial score (nSPS) is 10.6. The smallest absolute Gasteiger partial charge is 0.113 e. The van der Waals surface area contributed by atoms with Crippen molar-refractivity contribution in [2.45, 2.75) is 10.7 Å². The Balaban J connectivity index is 3.13. The minimum absolute atomic E-state index is 0.115. The number of hydrogen-bond acceptors (Lipinski definition) is 1. The van der Waals surface area contributed by atoms with Crippen LogP contribution in [-0.2, 0) is 0 Å². The van der Waals surface area contributed by atoms with Gasteiger partial charge in [-0.2, -0.15) is 0 Å². The van der Waals surface area contributed by atoms with Crippen LogP contribution >= 0.6 is 47.8 Å². The summed E-state index contributed by atoms with van der Waals surface area (Å²) in [4.78, 5) is 4.33. The van der Waals surface area contributed by atoms with E-state index in [1.807, 2.05) is 19.1 Å². The third-order valence-electron chi connectivity index (χ3n) is 1.22. The van der Waals surface area contributed by atoms with Crippen molar-refractivity contribution in [3.63, 3.8) is 0 Å². The van der Waals surface area contributed by atoms with Crippen molar-refractivity contribution in [2.24, 2.45) is 0 Å². The average Bonchev–Trinajstić information content (AvgIpc) is 1.94. The Morgan fingerprint density at radius 3 is 2.45 bits per heavy atom. The summed E-state index contributed by atoms with van der Waals surface area (Å²) in [5, 5.41) is 0. The van der Waals surface area contributed by atoms with Crippen molar-refractivity contribution in [2.75, 3.05) is 0 Å². The third kappa shape index (κ3) is 2.53. The van der Waals surface area contributed by atoms with E-state index < -0.39 is 0 Å². The van der Waals surface area contributed by atoms with Crippen LogP contribution in [0.25, 0.3) is 0 Å². The van der Waals surface area contributed by atoms with Gasteiger partial charge in [-0.1, -0.05) is 31.9 Å². The molecule has 0 fully saturated rings. The summed E-state index contributed by atoms with van der Waals surface area (Å²) in [6.45, 7) is 1.97. The number of aromatic nitrogens is 1. The van der Waals surface area contributed by atoms with E-state index in [9.17, 15) is 0 Å². The highest BCUT2D eigenvalue weighted by Crippen LogP contribution is 2.32. The van der Waals surface area contributed by atoms with Gasteiger partial charge >= 0.3 is 0 Å². The second-order valence-electron chi connectivity index (χ2n) is 2.12. The van der Waals surface area contributed by atoms with Crippen LogP contribution in [0.4, 0.5) is 0 Å². The quantitative estimate of drug-likeness (QED) is 0.704. The summed E-state index contributed by atoms with van der Waals surface area (Å²) in [6, 6.07) is 3.96. The molecule has 11 heavy (non-hydrogen) atoms. The van der Waals surface area contributed by atoms with Gasteiger partial charge in [-0.3, -0.25) is 4.98 Å². The predicted molar refractivity (Wildman–Crippen MR) is 57.3 cm³/mol. The maximum Gasteiger partial charge on any atom is 0.113 e. The predicted octanol–water partition coefficient (Wildman–Crippen LogP) is 3.94. The first kappa shape index (κ1) is 9.68. The lowest BCUT2D eigenvalue weighted by Gasteiger charge is -2.04. The van der Waals surface area contributed by atoms with Crippen molar-refractivity contribution < 1.29 is 0 Å². The van der Waals surface area contributed by atoms with Gasteiger partial charge in [0, 0.05) is 10.2 Å². The Bertz CT molecular complexity index is 260. The Kier molecular flexibility index (Phi) is 3.52. The van der Waals surface area contributed by atoms with Gasteiger partial charge in [0.15, 0.2) is 0 Å². The van der Waals surface area contributed by atoms with Gasteiger partial charge < -0.3 is 0 Å². The molecule has 0 amide bonds. The molecule has 1 aromatic heterocycles. The van der Waals surface area contributed by atoms with Gasteiger partial charge in [0.1, 0.15) is 3.74 Å². The van der Waals surface area contributed by atoms with Crippen LogP contribution in [0.2, 0.25) is 0 Å². The van der Waals surface area contributed by atoms with Crippen molar-refractivity contribution in [1.82, 2.24) is 4.98 Å². The Morgan fingerprint density at radius 1 is 1.36 bits per heavy atom. The molecule has 0 aliphatic rings. The molecule has 0 saturated carbocycles. The van der Waals surface area contributed by atoms with Crippen LogP contribution in [0.15, 0.2) is 16.6 Å². The first-order valence-corrected chi connectivity index (χ1v) is 5.65. The van der Waals surface area contributed by atoms with Crippen LogP contribution in [0.1, 0.15) is 15.1 Å². The molecule has 0 saturated heterocycles. The lowest BCUT2D eigenvalue weighted by Crippen LogP contribution is -1.91. The second-order valence-corrected chi connectivity index (χ2v) is 6.03. The molecule has 0 aliphatic carbocycles. The molecular formula is C7H6Br3N. The molecule has 0 radical (unpaired) electrons. The molecule has 60 valence electrons. The van der Waals surface area contributed by atoms with E-state index in [0.717, 1.165) is 15.9 Å². The summed E-state index contributed by atoms with van der Waals surface area (Å²) in [6.07, 6.45) is 0. The maximum absolute atomic E-state index is 4.33. The van der Waals surface area contributed by atoms with E-state index in [0.29, 0.717) is 0 Å². The number of nitrogens with zero attached hydrogens (tertiary/aromatic N) is 1. The summed E-state index contributed by atoms with van der Waals surface area (Å²) in [7, 11) is 0. The molecule has 4 heteroatoms. The average molecular weight is 344 g/mol. The van der Waals surface area contributed by atoms with Gasteiger partial charge in [-0.05, 0) is 35.0 Å². The molecule has 0 N–H and O–H groups in total. The Morgan fingerprint density at radius 2 is 2.00 bits per heavy atom. The van der Waals surface area contributed by atoms with E-state index in [1.54, 1.807) is 0 Å². The maximum atomic E-state index is 4.33. The molecule has 0 unspecified atom stereocenters. The van der Waals surface area contributed by atoms with Crippen LogP contribution in [0.3, 0.4) is 0 Å². The molecule has 0 atom stereocenters. The monoisotopic (exact) mass is 341 g/mol. The highest BCUT2D eigenvalue weighted by molar-refractivity contribution is 9.24. The molecule has 1 rings (SSSR count). The van der Waals surface area contributed by atoms with Crippen LogP contribution in [-0.4, -0.2) is 4.98 Å². The van der Waals surface area contributed by atoms with Gasteiger partial charge in [0.25, 0.3) is 0 Å². The number of aryl methyl sites for hydroxylation is 1. The minimum Gasteiger partial charge on any atom is -0.255 e. The van der Waals surface area contributed by atoms with E-state index in [-0.39, 0.29) is 3.74 Å². The first-order chi connectivity index (χ1) is 5.11. The molecule has 1 nitrogen and oxygen atoms in total. The fourth-order valence-corrected chi connectivity index (χ4v) is 2.47. The van der Waals surface area contributed by atoms with Crippen LogP contribution in [0, 0.1) is 6.92 Å². The fraction of sp³-hybridized carbons (Fsp3) is 0.286. The molecule has 1 aromatic rings. The van der Waals surface area contributed by atoms with Crippen molar-refractivity contribution in [3.8, 4) is 0 Å². The third-order valence-corrected chi connectivity index (χ3v) is 2.76. The molecular weight excluding hydrogens is 338 g/mol. The van der Waals surface area contributed by atoms with Gasteiger partial charge in [-0.15, -0.1) is 0 Å². The van der Waals surface area contributed by atoms with Gasteiger partial charge in [0.05, 0.1) is 5.69 Å². The summed E-state index contributed by atoms with van der Waals surface area (Å²) in [5.41, 5.74) is 2.00. The molecule has 0 aliphatic heterocycles. The topological polar surface area (TPSA) is 12.9 Å². The molecule has 0 bridgehead atoms. The molecule has 0 spiro atoms. The van der Waals surface area contributed by atoms with E-state index >= 15 is 0 Å². The number of alkyl halides is 2. The molecule has 0 aromatic carbocycles. The highest BCUT2D eigenvalue weighted by atomic mass is 79.9. The van der Waals surface area contributed by atoms with Crippen molar-refractivity contribution in [1.29, 1.82) is 0 Å². The Labute approximate surface area is 91.0 Å². The van der Waals surface area contributed by atoms with Crippen molar-refractivity contribution in [3.05, 3.63) is 28.0 Å². The summed E-state index contributed by atoms with van der Waals surface area (Å²) >= 11 is 10.2. The fourth-order valence-electron chi connectivity index (χ4n) is 0.713. The number of halogens is 3. The highest BCUT2D eigenvalue weighted by Gasteiger charge is 2.08. The van der Waals surface area contributed by atoms with Crippen molar-refractivity contribution >= 4 is 47.8 Å². The lowest BCUT2D eigenvalue weighted by atomic mass is 10.3. The molecule has 1 heterocycles. The number of pyridine rings is 1. The van der Waals surface area contributed by atoms with Gasteiger partial charge in [0.2, 0.25) is 0 Å². The summed E-state index contributed by atoms with van der Waals surface area (Å²) in [5.74, 6) is 0. The zero-order chi connectivity index (χ0) is 8.43. The minimum atomic E-state index is 0.115. The van der Waals surface area contributed by atoms with Crippen LogP contribution < -0.4 is 0 Å².